The first kappa shape index (κ1) is 24.8. The molecule has 0 radical (unpaired) electrons. The average Bonchev–Trinajstić information content (AvgIpc) is 2.90. The normalized spacial score (nSPS) is 21.1. The van der Waals surface area contributed by atoms with E-state index in [0.29, 0.717) is 30.5 Å². The van der Waals surface area contributed by atoms with Crippen LogP contribution in [0.5, 0.6) is 0 Å². The Labute approximate surface area is 212 Å². The SMILES string of the molecule is Cc1cc(F)ccc1-c1nc(NCCN2CCCCC2)nc2c1CNC[N+]2([O-])[C@@H](C)c1ccccc1. The Morgan fingerprint density at radius 3 is 2.64 bits per heavy atom. The Kier molecular flexibility index (Phi) is 7.29. The quantitative estimate of drug-likeness (QED) is 0.354. The second-order valence-electron chi connectivity index (χ2n) is 9.95. The van der Waals surface area contributed by atoms with Gasteiger partial charge in [0.15, 0.2) is 0 Å². The minimum Gasteiger partial charge on any atom is -0.625 e. The Hall–Kier alpha value is -2.91. The molecule has 0 bridgehead atoms. The molecule has 0 aliphatic carbocycles. The van der Waals surface area contributed by atoms with Crippen LogP contribution in [0.25, 0.3) is 11.3 Å². The number of hydroxylamine groups is 2. The molecule has 0 amide bonds. The van der Waals surface area contributed by atoms with Crippen molar-refractivity contribution in [2.24, 2.45) is 0 Å². The number of quaternary nitrogens is 1. The molecule has 1 aromatic heterocycles. The molecule has 1 unspecified atom stereocenters. The summed E-state index contributed by atoms with van der Waals surface area (Å²) in [6, 6.07) is 14.2. The number of fused-ring (bicyclic) bond motifs is 1. The number of nitrogens with one attached hydrogen (secondary N) is 2. The van der Waals surface area contributed by atoms with Gasteiger partial charge < -0.3 is 15.4 Å². The van der Waals surface area contributed by atoms with Gasteiger partial charge in [-0.2, -0.15) is 4.98 Å². The molecule has 2 atom stereocenters. The van der Waals surface area contributed by atoms with Crippen LogP contribution in [0, 0.1) is 17.9 Å². The fourth-order valence-corrected chi connectivity index (χ4v) is 5.37. The van der Waals surface area contributed by atoms with Crippen molar-refractivity contribution in [2.45, 2.75) is 45.7 Å². The van der Waals surface area contributed by atoms with Crippen LogP contribution in [-0.4, -0.2) is 47.7 Å². The highest BCUT2D eigenvalue weighted by Crippen LogP contribution is 2.41. The number of likely N-dealkylation sites (tertiary alicyclic amines) is 1. The lowest BCUT2D eigenvalue weighted by Crippen LogP contribution is -2.55. The van der Waals surface area contributed by atoms with Crippen LogP contribution in [0.2, 0.25) is 0 Å². The Balaban J connectivity index is 1.54. The number of aryl methyl sites for hydroxylation is 1. The van der Waals surface area contributed by atoms with E-state index in [2.05, 4.69) is 15.5 Å². The van der Waals surface area contributed by atoms with Crippen molar-refractivity contribution < 1.29 is 4.39 Å². The van der Waals surface area contributed by atoms with Gasteiger partial charge in [-0.1, -0.05) is 36.8 Å². The predicted molar refractivity (Wildman–Crippen MR) is 143 cm³/mol. The summed E-state index contributed by atoms with van der Waals surface area (Å²) in [6.45, 7) is 8.37. The monoisotopic (exact) mass is 490 g/mol. The summed E-state index contributed by atoms with van der Waals surface area (Å²) < 4.78 is 13.3. The van der Waals surface area contributed by atoms with Crippen LogP contribution >= 0.6 is 0 Å². The van der Waals surface area contributed by atoms with Crippen molar-refractivity contribution in [3.63, 3.8) is 0 Å². The van der Waals surface area contributed by atoms with Gasteiger partial charge >= 0.3 is 0 Å². The second-order valence-corrected chi connectivity index (χ2v) is 9.95. The van der Waals surface area contributed by atoms with E-state index in [1.165, 1.54) is 31.4 Å². The molecule has 5 rings (SSSR count). The molecular formula is C28H35FN6O. The summed E-state index contributed by atoms with van der Waals surface area (Å²) >= 11 is 0. The van der Waals surface area contributed by atoms with Gasteiger partial charge in [-0.25, -0.2) is 9.37 Å². The van der Waals surface area contributed by atoms with Gasteiger partial charge in [-0.15, -0.1) is 0 Å². The lowest BCUT2D eigenvalue weighted by atomic mass is 9.99. The molecule has 2 N–H and O–H groups in total. The van der Waals surface area contributed by atoms with E-state index in [0.717, 1.165) is 41.9 Å². The van der Waals surface area contributed by atoms with E-state index in [9.17, 15) is 9.60 Å². The summed E-state index contributed by atoms with van der Waals surface area (Å²) in [5.74, 6) is 0.633. The van der Waals surface area contributed by atoms with Gasteiger partial charge in [0.05, 0.1) is 11.3 Å². The molecule has 36 heavy (non-hydrogen) atoms. The third-order valence-electron chi connectivity index (χ3n) is 7.50. The van der Waals surface area contributed by atoms with E-state index in [4.69, 9.17) is 9.97 Å². The van der Waals surface area contributed by atoms with Crippen LogP contribution in [0.1, 0.15) is 48.9 Å². The van der Waals surface area contributed by atoms with Crippen molar-refractivity contribution >= 4 is 11.8 Å². The smallest absolute Gasteiger partial charge is 0.239 e. The number of hydrogen-bond donors (Lipinski definition) is 2. The Morgan fingerprint density at radius 2 is 1.89 bits per heavy atom. The molecular weight excluding hydrogens is 455 g/mol. The van der Waals surface area contributed by atoms with Gasteiger partial charge in [0.1, 0.15) is 18.5 Å². The Bertz CT molecular complexity index is 1200. The molecule has 0 saturated carbocycles. The van der Waals surface area contributed by atoms with Gasteiger partial charge in [-0.05, 0) is 63.5 Å². The fourth-order valence-electron chi connectivity index (χ4n) is 5.37. The number of rotatable bonds is 7. The van der Waals surface area contributed by atoms with Gasteiger partial charge in [0.2, 0.25) is 11.8 Å². The van der Waals surface area contributed by atoms with Crippen LogP contribution in [0.15, 0.2) is 48.5 Å². The van der Waals surface area contributed by atoms with E-state index >= 15 is 0 Å². The van der Waals surface area contributed by atoms with Crippen LogP contribution in [0.3, 0.4) is 0 Å². The maximum absolute atomic E-state index is 14.5. The molecule has 0 spiro atoms. The summed E-state index contributed by atoms with van der Waals surface area (Å²) in [7, 11) is 0. The summed E-state index contributed by atoms with van der Waals surface area (Å²) in [5.41, 5.74) is 4.01. The van der Waals surface area contributed by atoms with Gasteiger partial charge in [-0.3, -0.25) is 9.96 Å². The summed E-state index contributed by atoms with van der Waals surface area (Å²) in [6.07, 6.45) is 3.78. The number of benzene rings is 2. The Morgan fingerprint density at radius 1 is 1.11 bits per heavy atom. The average molecular weight is 491 g/mol. The zero-order chi connectivity index (χ0) is 25.1. The lowest BCUT2D eigenvalue weighted by molar-refractivity contribution is 0.236. The third kappa shape index (κ3) is 4.99. The van der Waals surface area contributed by atoms with E-state index in [-0.39, 0.29) is 18.5 Å². The fraction of sp³-hybridized carbons (Fsp3) is 0.429. The highest BCUT2D eigenvalue weighted by Gasteiger charge is 2.38. The van der Waals surface area contributed by atoms with Crippen molar-refractivity contribution in [3.8, 4) is 11.3 Å². The maximum Gasteiger partial charge on any atom is 0.239 e. The van der Waals surface area contributed by atoms with E-state index < -0.39 is 4.65 Å². The molecule has 2 aliphatic heterocycles. The van der Waals surface area contributed by atoms with Crippen molar-refractivity contribution in [3.05, 3.63) is 76.2 Å². The van der Waals surface area contributed by atoms with E-state index in [1.54, 1.807) is 6.07 Å². The molecule has 2 aliphatic rings. The summed E-state index contributed by atoms with van der Waals surface area (Å²) in [4.78, 5) is 12.2. The first-order valence-electron chi connectivity index (χ1n) is 12.9. The van der Waals surface area contributed by atoms with Crippen LogP contribution in [0.4, 0.5) is 16.2 Å². The molecule has 3 aromatic rings. The number of anilines is 1. The third-order valence-corrected chi connectivity index (χ3v) is 7.50. The predicted octanol–water partition coefficient (Wildman–Crippen LogP) is 5.12. The molecule has 190 valence electrons. The van der Waals surface area contributed by atoms with Crippen molar-refractivity contribution in [2.75, 3.05) is 38.2 Å². The zero-order valence-electron chi connectivity index (χ0n) is 21.1. The summed E-state index contributed by atoms with van der Waals surface area (Å²) in [5, 5.41) is 21.2. The number of nitrogens with zero attached hydrogens (tertiary/aromatic N) is 4. The number of halogens is 1. The lowest BCUT2D eigenvalue weighted by Gasteiger charge is -2.49. The molecule has 3 heterocycles. The van der Waals surface area contributed by atoms with Crippen LogP contribution < -0.4 is 15.3 Å². The van der Waals surface area contributed by atoms with Crippen molar-refractivity contribution in [1.82, 2.24) is 24.8 Å². The first-order chi connectivity index (χ1) is 17.5. The number of hydrogen-bond acceptors (Lipinski definition) is 6. The topological polar surface area (TPSA) is 76.1 Å². The standard InChI is InChI=1S/C28H35FN6O/c1-20-17-23(29)11-12-24(20)26-25-18-30-19-35(36,21(2)22-9-5-3-6-10-22)27(25)33-28(32-26)31-13-16-34-14-7-4-8-15-34/h3,5-6,9-12,17,21,30H,4,7-8,13-16,18-19H2,1-2H3,(H,31,32,33)/t21-,35?/m0/s1. The van der Waals surface area contributed by atoms with E-state index in [1.807, 2.05) is 44.2 Å². The number of piperidine rings is 1. The van der Waals surface area contributed by atoms with Crippen molar-refractivity contribution in [1.29, 1.82) is 0 Å². The molecule has 8 heteroatoms. The highest BCUT2D eigenvalue weighted by molar-refractivity contribution is 5.73. The van der Waals surface area contributed by atoms with Gasteiger partial charge in [0.25, 0.3) is 0 Å². The van der Waals surface area contributed by atoms with Gasteiger partial charge in [0, 0.05) is 30.8 Å². The largest absolute Gasteiger partial charge is 0.625 e. The highest BCUT2D eigenvalue weighted by atomic mass is 19.1. The molecule has 1 fully saturated rings. The second kappa shape index (κ2) is 10.6. The minimum absolute atomic E-state index is 0.217. The maximum atomic E-state index is 14.5. The minimum atomic E-state index is -0.629. The molecule has 7 nitrogen and oxygen atoms in total. The molecule has 1 saturated heterocycles. The van der Waals surface area contributed by atoms with Crippen LogP contribution in [-0.2, 0) is 6.54 Å². The first-order valence-corrected chi connectivity index (χ1v) is 12.9. The molecule has 2 aromatic carbocycles. The number of aromatic nitrogens is 2. The zero-order valence-corrected chi connectivity index (χ0v) is 21.1.